The number of ether oxygens (including phenoxy) is 3. The predicted molar refractivity (Wildman–Crippen MR) is 85.6 cm³/mol. The minimum absolute atomic E-state index is 0.268. The fourth-order valence-corrected chi connectivity index (χ4v) is 1.54. The zero-order chi connectivity index (χ0) is 17.7. The Kier molecular flexibility index (Phi) is 6.59. The number of carbonyl (C=O) groups is 1. The van der Waals surface area contributed by atoms with Gasteiger partial charge < -0.3 is 18.9 Å². The van der Waals surface area contributed by atoms with Crippen LogP contribution < -0.4 is 10.2 Å². The molecular weight excluding hydrogens is 302 g/mol. The molecule has 0 aliphatic heterocycles. The Bertz CT molecular complexity index is 545. The first-order valence-electron chi connectivity index (χ1n) is 7.18. The van der Waals surface area contributed by atoms with Gasteiger partial charge in [-0.1, -0.05) is 0 Å². The molecule has 0 unspecified atom stereocenters. The van der Waals surface area contributed by atoms with Crippen LogP contribution in [0.25, 0.3) is 0 Å². The van der Waals surface area contributed by atoms with Gasteiger partial charge in [0.25, 0.3) is 0 Å². The van der Waals surface area contributed by atoms with Crippen LogP contribution in [0.3, 0.4) is 0 Å². The van der Waals surface area contributed by atoms with Crippen molar-refractivity contribution >= 4 is 18.9 Å². The Hall–Kier alpha value is -1.60. The lowest BCUT2D eigenvalue weighted by molar-refractivity contribution is -0.142. The molecule has 0 aliphatic rings. The van der Waals surface area contributed by atoms with E-state index in [2.05, 4.69) is 4.74 Å². The number of rotatable bonds is 8. The van der Waals surface area contributed by atoms with Gasteiger partial charge in [0.05, 0.1) is 18.3 Å². The van der Waals surface area contributed by atoms with Gasteiger partial charge in [0, 0.05) is 7.11 Å². The van der Waals surface area contributed by atoms with Crippen LogP contribution in [-0.2, 0) is 18.9 Å². The quantitative estimate of drug-likeness (QED) is 0.539. The van der Waals surface area contributed by atoms with Gasteiger partial charge in [0.2, 0.25) is 0 Å². The number of esters is 1. The molecule has 0 fully saturated rings. The Labute approximate surface area is 137 Å². The summed E-state index contributed by atoms with van der Waals surface area (Å²) in [6.07, 6.45) is 0. The molecule has 0 saturated heterocycles. The molecule has 0 atom stereocenters. The Morgan fingerprint density at radius 3 is 2.39 bits per heavy atom. The second-order valence-electron chi connectivity index (χ2n) is 6.01. The van der Waals surface area contributed by atoms with E-state index in [1.165, 1.54) is 32.8 Å². The van der Waals surface area contributed by atoms with Crippen LogP contribution in [0.5, 0.6) is 5.75 Å². The van der Waals surface area contributed by atoms with E-state index in [1.807, 2.05) is 27.7 Å². The van der Waals surface area contributed by atoms with Crippen molar-refractivity contribution in [2.75, 3.05) is 20.8 Å². The number of hydrogen-bond donors (Lipinski definition) is 0. The van der Waals surface area contributed by atoms with Gasteiger partial charge in [-0.15, -0.1) is 0 Å². The maximum Gasteiger partial charge on any atom is 0.343 e. The molecular formula is C16H23BFO5. The van der Waals surface area contributed by atoms with Crippen molar-refractivity contribution < 1.29 is 28.0 Å². The summed E-state index contributed by atoms with van der Waals surface area (Å²) in [5.74, 6) is -0.640. The van der Waals surface area contributed by atoms with Gasteiger partial charge in [-0.2, -0.15) is 0 Å². The van der Waals surface area contributed by atoms with Crippen LogP contribution >= 0.6 is 0 Å². The first-order chi connectivity index (χ1) is 10.6. The number of methoxy groups -OCH3 is 2. The summed E-state index contributed by atoms with van der Waals surface area (Å²) in [7, 11) is 4.26. The van der Waals surface area contributed by atoms with Gasteiger partial charge >= 0.3 is 13.5 Å². The van der Waals surface area contributed by atoms with Crippen molar-refractivity contribution in [3.8, 4) is 5.75 Å². The Balaban J connectivity index is 2.86. The predicted octanol–water partition coefficient (Wildman–Crippen LogP) is 1.84. The zero-order valence-corrected chi connectivity index (χ0v) is 14.4. The summed E-state index contributed by atoms with van der Waals surface area (Å²) in [4.78, 5) is 11.2. The first-order valence-corrected chi connectivity index (χ1v) is 7.18. The lowest BCUT2D eigenvalue weighted by Crippen LogP contribution is -2.50. The smallest absolute Gasteiger partial charge is 0.343 e. The van der Waals surface area contributed by atoms with Crippen molar-refractivity contribution in [3.05, 3.63) is 24.0 Å². The molecule has 0 amide bonds. The zero-order valence-electron chi connectivity index (χ0n) is 14.4. The normalized spacial score (nSPS) is 12.0. The van der Waals surface area contributed by atoms with Crippen LogP contribution in [0.15, 0.2) is 18.2 Å². The highest BCUT2D eigenvalue weighted by atomic mass is 19.1. The lowest BCUT2D eigenvalue weighted by atomic mass is 9.82. The van der Waals surface area contributed by atoms with E-state index in [1.54, 1.807) is 7.11 Å². The second kappa shape index (κ2) is 7.79. The molecule has 0 saturated carbocycles. The topological polar surface area (TPSA) is 54.0 Å². The van der Waals surface area contributed by atoms with Crippen molar-refractivity contribution in [1.82, 2.24) is 0 Å². The van der Waals surface area contributed by atoms with Gasteiger partial charge in [0.15, 0.2) is 6.61 Å². The SMILES string of the molecule is COC(=O)COc1ccc(F)cc1[B]OC(C)(C)C(C)(C)OC. The van der Waals surface area contributed by atoms with Crippen molar-refractivity contribution in [3.63, 3.8) is 0 Å². The average molecular weight is 325 g/mol. The van der Waals surface area contributed by atoms with Gasteiger partial charge in [-0.05, 0) is 51.4 Å². The highest BCUT2D eigenvalue weighted by molar-refractivity contribution is 6.48. The summed E-state index contributed by atoms with van der Waals surface area (Å²) in [6.45, 7) is 7.24. The third-order valence-corrected chi connectivity index (χ3v) is 3.99. The van der Waals surface area contributed by atoms with E-state index in [-0.39, 0.29) is 6.61 Å². The molecule has 0 heterocycles. The third-order valence-electron chi connectivity index (χ3n) is 3.99. The maximum absolute atomic E-state index is 13.5. The third kappa shape index (κ3) is 5.22. The van der Waals surface area contributed by atoms with Crippen LogP contribution in [0, 0.1) is 5.82 Å². The lowest BCUT2D eigenvalue weighted by Gasteiger charge is -2.40. The van der Waals surface area contributed by atoms with E-state index in [4.69, 9.17) is 14.1 Å². The summed E-state index contributed by atoms with van der Waals surface area (Å²) in [5, 5.41) is 0. The largest absolute Gasteiger partial charge is 0.482 e. The van der Waals surface area contributed by atoms with Gasteiger partial charge in [-0.3, -0.25) is 0 Å². The second-order valence-corrected chi connectivity index (χ2v) is 6.01. The minimum Gasteiger partial charge on any atom is -0.482 e. The van der Waals surface area contributed by atoms with E-state index in [0.29, 0.717) is 11.2 Å². The van der Waals surface area contributed by atoms with E-state index < -0.39 is 23.0 Å². The molecule has 0 aliphatic carbocycles. The molecule has 1 aromatic rings. The molecule has 23 heavy (non-hydrogen) atoms. The van der Waals surface area contributed by atoms with Crippen LogP contribution in [0.4, 0.5) is 4.39 Å². The Morgan fingerprint density at radius 2 is 1.83 bits per heavy atom. The summed E-state index contributed by atoms with van der Waals surface area (Å²) in [6, 6.07) is 3.94. The molecule has 7 heteroatoms. The summed E-state index contributed by atoms with van der Waals surface area (Å²) >= 11 is 0. The van der Waals surface area contributed by atoms with Crippen LogP contribution in [0.2, 0.25) is 0 Å². The minimum atomic E-state index is -0.673. The number of benzene rings is 1. The van der Waals surface area contributed by atoms with E-state index >= 15 is 0 Å². The molecule has 0 bridgehead atoms. The Morgan fingerprint density at radius 1 is 1.17 bits per heavy atom. The van der Waals surface area contributed by atoms with E-state index in [9.17, 15) is 9.18 Å². The van der Waals surface area contributed by atoms with Crippen LogP contribution in [-0.4, -0.2) is 45.5 Å². The van der Waals surface area contributed by atoms with E-state index in [0.717, 1.165) is 0 Å². The molecule has 0 N–H and O–H groups in total. The van der Waals surface area contributed by atoms with Gasteiger partial charge in [-0.25, -0.2) is 9.18 Å². The first kappa shape index (κ1) is 19.5. The fourth-order valence-electron chi connectivity index (χ4n) is 1.54. The fraction of sp³-hybridized carbons (Fsp3) is 0.562. The summed E-state index contributed by atoms with van der Waals surface area (Å²) in [5.41, 5.74) is -0.855. The molecule has 1 radical (unpaired) electrons. The highest BCUT2D eigenvalue weighted by Gasteiger charge is 2.38. The molecule has 127 valence electrons. The molecule has 5 nitrogen and oxygen atoms in total. The summed E-state index contributed by atoms with van der Waals surface area (Å²) < 4.78 is 34.6. The average Bonchev–Trinajstić information content (AvgIpc) is 2.51. The highest BCUT2D eigenvalue weighted by Crippen LogP contribution is 2.28. The van der Waals surface area contributed by atoms with Crippen LogP contribution in [0.1, 0.15) is 27.7 Å². The van der Waals surface area contributed by atoms with Gasteiger partial charge in [0.1, 0.15) is 11.6 Å². The van der Waals surface area contributed by atoms with Crippen molar-refractivity contribution in [1.29, 1.82) is 0 Å². The molecule has 0 aromatic heterocycles. The molecule has 1 rings (SSSR count). The maximum atomic E-state index is 13.5. The number of halogens is 1. The standard InChI is InChI=1S/C16H23BFO5/c1-15(2,21-6)16(3,4)23-17-12-9-11(18)7-8-13(12)22-10-14(19)20-5/h7-9H,10H2,1-6H3. The van der Waals surface area contributed by atoms with Crippen molar-refractivity contribution in [2.24, 2.45) is 0 Å². The molecule has 1 aromatic carbocycles. The molecule has 0 spiro atoms. The number of carbonyl (C=O) groups excluding carboxylic acids is 1. The van der Waals surface area contributed by atoms with Crippen molar-refractivity contribution in [2.45, 2.75) is 38.9 Å². The monoisotopic (exact) mass is 325 g/mol. The number of hydrogen-bond acceptors (Lipinski definition) is 5.